The average molecular weight is 289 g/mol. The molecule has 3 nitrogen and oxygen atoms in total. The molecule has 0 radical (unpaired) electrons. The second kappa shape index (κ2) is 4.33. The van der Waals surface area contributed by atoms with E-state index >= 15 is 0 Å². The first kappa shape index (κ1) is 12.4. The molecule has 0 amide bonds. The molecule has 0 saturated heterocycles. The summed E-state index contributed by atoms with van der Waals surface area (Å²) in [7, 11) is -0.334. The van der Waals surface area contributed by atoms with Crippen molar-refractivity contribution in [2.45, 2.75) is 4.90 Å². The van der Waals surface area contributed by atoms with Crippen molar-refractivity contribution in [1.82, 2.24) is 0 Å². The van der Waals surface area contributed by atoms with Gasteiger partial charge in [-0.2, -0.15) is 0 Å². The van der Waals surface area contributed by atoms with E-state index in [4.69, 9.17) is 10.7 Å². The molecule has 90 valence electrons. The Labute approximate surface area is 105 Å². The highest BCUT2D eigenvalue weighted by Crippen LogP contribution is 2.69. The number of carbonyl (C=O) groups excluding carboxylic acids is 1. The van der Waals surface area contributed by atoms with Gasteiger partial charge in [0.25, 0.3) is 0 Å². The van der Waals surface area contributed by atoms with Crippen LogP contribution in [0.5, 0.6) is 0 Å². The van der Waals surface area contributed by atoms with Crippen LogP contribution >= 0.6 is 19.0 Å². The summed E-state index contributed by atoms with van der Waals surface area (Å²) in [4.78, 5) is 11.1. The van der Waals surface area contributed by atoms with E-state index in [1.165, 1.54) is 29.7 Å². The van der Waals surface area contributed by atoms with Crippen molar-refractivity contribution in [2.24, 2.45) is 0 Å². The molecule has 0 bridgehead atoms. The number of rotatable bonds is 3. The first-order chi connectivity index (χ1) is 8.02. The number of allylic oxidation sites excluding steroid dienone is 3. The van der Waals surface area contributed by atoms with E-state index in [0.717, 1.165) is 0 Å². The molecule has 1 aromatic carbocycles. The van der Waals surface area contributed by atoms with Crippen LogP contribution in [0.1, 0.15) is 0 Å². The van der Waals surface area contributed by atoms with Gasteiger partial charge in [-0.1, -0.05) is 24.3 Å². The normalized spacial score (nSPS) is 27.2. The fourth-order valence-electron chi connectivity index (χ4n) is 1.44. The van der Waals surface area contributed by atoms with E-state index in [9.17, 15) is 13.2 Å². The van der Waals surface area contributed by atoms with E-state index in [-0.39, 0.29) is 9.80 Å². The van der Waals surface area contributed by atoms with Crippen LogP contribution in [0.25, 0.3) is 0 Å². The van der Waals surface area contributed by atoms with Crippen molar-refractivity contribution in [3.05, 3.63) is 52.8 Å². The standard InChI is InChI=1S/C11H9ClO3S2/c12-16(8-4-7-11(16)9-13)17(14,15)10-5-2-1-3-6-10/h1-9H. The number of benzene rings is 1. The Morgan fingerprint density at radius 2 is 1.82 bits per heavy atom. The molecule has 2 rings (SSSR count). The summed E-state index contributed by atoms with van der Waals surface area (Å²) in [5.74, 6) is 0. The highest BCUT2D eigenvalue weighted by Gasteiger charge is 2.40. The lowest BCUT2D eigenvalue weighted by molar-refractivity contribution is -0.104. The maximum absolute atomic E-state index is 12.4. The van der Waals surface area contributed by atoms with E-state index < -0.39 is 17.1 Å². The monoisotopic (exact) mass is 288 g/mol. The maximum Gasteiger partial charge on any atom is 0.232 e. The van der Waals surface area contributed by atoms with Gasteiger partial charge < -0.3 is 0 Å². The van der Waals surface area contributed by atoms with Gasteiger partial charge in [-0.05, 0) is 42.6 Å². The van der Waals surface area contributed by atoms with Gasteiger partial charge >= 0.3 is 0 Å². The third-order valence-electron chi connectivity index (χ3n) is 2.30. The lowest BCUT2D eigenvalue weighted by Gasteiger charge is -2.25. The van der Waals surface area contributed by atoms with Crippen LogP contribution in [0, 0.1) is 0 Å². The van der Waals surface area contributed by atoms with E-state index in [1.807, 2.05) is 0 Å². The van der Waals surface area contributed by atoms with Gasteiger partial charge in [0, 0.05) is 0 Å². The van der Waals surface area contributed by atoms with E-state index in [1.54, 1.807) is 18.2 Å². The molecule has 1 aromatic rings. The van der Waals surface area contributed by atoms with Gasteiger partial charge in [-0.15, -0.1) is 0 Å². The first-order valence-corrected chi connectivity index (χ1v) is 9.21. The second-order valence-electron chi connectivity index (χ2n) is 3.31. The zero-order chi connectivity index (χ0) is 12.5. The molecule has 0 aromatic heterocycles. The Bertz CT molecular complexity index is 605. The van der Waals surface area contributed by atoms with Crippen molar-refractivity contribution in [1.29, 1.82) is 0 Å². The SMILES string of the molecule is O=CC1=CC=CS1(Cl)S(=O)(=O)c1ccccc1. The molecule has 0 spiro atoms. The van der Waals surface area contributed by atoms with Crippen molar-refractivity contribution < 1.29 is 13.2 Å². The highest BCUT2D eigenvalue weighted by molar-refractivity contribution is 9.02. The minimum absolute atomic E-state index is 0.114. The Balaban J connectivity index is 2.59. The topological polar surface area (TPSA) is 51.2 Å². The molecule has 0 N–H and O–H groups in total. The van der Waals surface area contributed by atoms with Gasteiger partial charge in [0.05, 0.1) is 9.80 Å². The summed E-state index contributed by atoms with van der Waals surface area (Å²) in [6, 6.07) is 7.91. The predicted octanol–water partition coefficient (Wildman–Crippen LogP) is 2.94. The number of halogens is 1. The molecular formula is C11H9ClO3S2. The van der Waals surface area contributed by atoms with Gasteiger partial charge in [0.1, 0.15) is 0 Å². The predicted molar refractivity (Wildman–Crippen MR) is 70.4 cm³/mol. The summed E-state index contributed by atoms with van der Waals surface area (Å²) < 4.78 is 24.8. The molecule has 0 saturated carbocycles. The Morgan fingerprint density at radius 3 is 2.41 bits per heavy atom. The van der Waals surface area contributed by atoms with Crippen LogP contribution < -0.4 is 0 Å². The fourth-order valence-corrected chi connectivity index (χ4v) is 7.39. The van der Waals surface area contributed by atoms with E-state index in [2.05, 4.69) is 0 Å². The summed E-state index contributed by atoms with van der Waals surface area (Å²) in [5, 5.41) is 1.39. The lowest BCUT2D eigenvalue weighted by atomic mass is 10.4. The molecule has 1 aliphatic rings. The largest absolute Gasteiger partial charge is 0.297 e. The second-order valence-corrected chi connectivity index (χ2v) is 11.4. The molecule has 0 aliphatic carbocycles. The zero-order valence-electron chi connectivity index (χ0n) is 8.62. The Hall–Kier alpha value is -1.04. The molecule has 1 heterocycles. The average Bonchev–Trinajstić information content (AvgIpc) is 2.73. The van der Waals surface area contributed by atoms with Crippen LogP contribution in [0.2, 0.25) is 0 Å². The summed E-state index contributed by atoms with van der Waals surface area (Å²) in [6.45, 7) is 0. The Morgan fingerprint density at radius 1 is 1.18 bits per heavy atom. The van der Waals surface area contributed by atoms with Crippen LogP contribution in [0.15, 0.2) is 57.7 Å². The highest BCUT2D eigenvalue weighted by atomic mass is 35.8. The molecule has 1 atom stereocenters. The maximum atomic E-state index is 12.4. The third kappa shape index (κ3) is 1.84. The number of aldehydes is 1. The molecular weight excluding hydrogens is 280 g/mol. The number of hydrogen-bond acceptors (Lipinski definition) is 3. The van der Waals surface area contributed by atoms with Gasteiger partial charge in [0.15, 0.2) is 6.29 Å². The van der Waals surface area contributed by atoms with Crippen LogP contribution in [-0.2, 0) is 13.7 Å². The summed E-state index contributed by atoms with van der Waals surface area (Å²) in [5.41, 5.74) is 0. The third-order valence-corrected chi connectivity index (χ3v) is 10.9. The minimum Gasteiger partial charge on any atom is -0.297 e. The van der Waals surface area contributed by atoms with Gasteiger partial charge in [-0.3, -0.25) is 4.79 Å². The molecule has 0 fully saturated rings. The lowest BCUT2D eigenvalue weighted by Crippen LogP contribution is -2.08. The van der Waals surface area contributed by atoms with Crippen LogP contribution in [0.3, 0.4) is 0 Å². The zero-order valence-corrected chi connectivity index (χ0v) is 11.0. The van der Waals surface area contributed by atoms with Crippen molar-refractivity contribution >= 4 is 34.1 Å². The smallest absolute Gasteiger partial charge is 0.232 e. The molecule has 1 aliphatic heterocycles. The summed E-state index contributed by atoms with van der Waals surface area (Å²) in [6.07, 6.45) is 3.45. The van der Waals surface area contributed by atoms with Crippen molar-refractivity contribution in [3.8, 4) is 0 Å². The molecule has 6 heteroatoms. The number of carbonyl (C=O) groups is 1. The van der Waals surface area contributed by atoms with Gasteiger partial charge in [-0.25, -0.2) is 8.42 Å². The summed E-state index contributed by atoms with van der Waals surface area (Å²) >= 11 is 0. The molecule has 1 unspecified atom stereocenters. The first-order valence-electron chi connectivity index (χ1n) is 4.69. The van der Waals surface area contributed by atoms with Crippen molar-refractivity contribution in [2.75, 3.05) is 0 Å². The number of hydrogen-bond donors (Lipinski definition) is 0. The van der Waals surface area contributed by atoms with E-state index in [0.29, 0.717) is 6.29 Å². The van der Waals surface area contributed by atoms with Crippen LogP contribution in [0.4, 0.5) is 0 Å². The molecule has 17 heavy (non-hydrogen) atoms. The van der Waals surface area contributed by atoms with Crippen LogP contribution in [-0.4, -0.2) is 14.7 Å². The van der Waals surface area contributed by atoms with Crippen molar-refractivity contribution in [3.63, 3.8) is 0 Å². The Kier molecular flexibility index (Phi) is 3.16. The quantitative estimate of drug-likeness (QED) is 0.635. The minimum atomic E-state index is -3.74. The fraction of sp³-hybridized carbons (Fsp3) is 0. The van der Waals surface area contributed by atoms with Gasteiger partial charge in [0.2, 0.25) is 8.87 Å².